The Morgan fingerprint density at radius 3 is 1.53 bits per heavy atom. The van der Waals surface area contributed by atoms with Crippen molar-refractivity contribution in [3.8, 4) is 0 Å². The monoisotopic (exact) mass is 489 g/mol. The molecule has 3 N–H and O–H groups in total. The number of nitrogens with zero attached hydrogens (tertiary/aromatic N) is 2. The molecule has 188 valence electrons. The predicted molar refractivity (Wildman–Crippen MR) is 136 cm³/mol. The average Bonchev–Trinajstić information content (AvgIpc) is 2.90. The third-order valence-electron chi connectivity index (χ3n) is 5.84. The van der Waals surface area contributed by atoms with E-state index >= 15 is 0 Å². The lowest BCUT2D eigenvalue weighted by atomic mass is 9.99. The van der Waals surface area contributed by atoms with Crippen LogP contribution in [-0.4, -0.2) is 70.6 Å². The second-order valence-electron chi connectivity index (χ2n) is 8.47. The summed E-state index contributed by atoms with van der Waals surface area (Å²) in [4.78, 5) is 35.8. The van der Waals surface area contributed by atoms with Gasteiger partial charge in [0.1, 0.15) is 0 Å². The molecule has 0 aromatic heterocycles. The normalized spacial score (nSPS) is 13.9. The number of carboxylic acids is 2. The summed E-state index contributed by atoms with van der Waals surface area (Å²) in [6.07, 6.45) is 0. The highest BCUT2D eigenvalue weighted by Gasteiger charge is 2.21. The number of nitrogens with one attached hydrogen (secondary N) is 1. The zero-order chi connectivity index (χ0) is 25.8. The molecule has 1 aliphatic rings. The fourth-order valence-electron chi connectivity index (χ4n) is 4.01. The van der Waals surface area contributed by atoms with Crippen molar-refractivity contribution in [3.63, 3.8) is 0 Å². The van der Waals surface area contributed by atoms with E-state index in [4.69, 9.17) is 19.8 Å². The molecule has 1 heterocycles. The first-order chi connectivity index (χ1) is 17.4. The van der Waals surface area contributed by atoms with Crippen molar-refractivity contribution >= 4 is 17.8 Å². The van der Waals surface area contributed by atoms with E-state index in [1.807, 2.05) is 36.4 Å². The average molecular weight is 490 g/mol. The lowest BCUT2D eigenvalue weighted by Crippen LogP contribution is -2.49. The molecule has 0 aliphatic carbocycles. The molecular formula is C28H31N3O5. The quantitative estimate of drug-likeness (QED) is 0.438. The Morgan fingerprint density at radius 2 is 1.08 bits per heavy atom. The molecule has 3 aromatic rings. The maximum absolute atomic E-state index is 12.9. The maximum Gasteiger partial charge on any atom is 0.414 e. The number of hydrogen-bond donors (Lipinski definition) is 3. The zero-order valence-corrected chi connectivity index (χ0v) is 20.0. The lowest BCUT2D eigenvalue weighted by Gasteiger charge is -2.34. The van der Waals surface area contributed by atoms with E-state index < -0.39 is 11.9 Å². The summed E-state index contributed by atoms with van der Waals surface area (Å²) in [5, 5.41) is 18.0. The van der Waals surface area contributed by atoms with Crippen LogP contribution in [0.4, 0.5) is 0 Å². The molecule has 0 bridgehead atoms. The molecule has 0 unspecified atom stereocenters. The first-order valence-electron chi connectivity index (χ1n) is 11.8. The molecule has 3 aromatic carbocycles. The van der Waals surface area contributed by atoms with E-state index in [0.717, 1.165) is 43.9 Å². The molecule has 0 saturated carbocycles. The van der Waals surface area contributed by atoms with Crippen molar-refractivity contribution in [2.45, 2.75) is 12.6 Å². The Labute approximate surface area is 210 Å². The largest absolute Gasteiger partial charge is 0.473 e. The van der Waals surface area contributed by atoms with Gasteiger partial charge in [0, 0.05) is 32.7 Å². The SMILES string of the molecule is O=C(CN1CCN(Cc2ccccc2)CC1)NC(c1ccccc1)c1ccccc1.O=C(O)C(=O)O. The van der Waals surface area contributed by atoms with Gasteiger partial charge in [-0.05, 0) is 16.7 Å². The second-order valence-corrected chi connectivity index (χ2v) is 8.47. The lowest BCUT2D eigenvalue weighted by molar-refractivity contribution is -0.159. The summed E-state index contributed by atoms with van der Waals surface area (Å²) in [5.74, 6) is -3.57. The predicted octanol–water partition coefficient (Wildman–Crippen LogP) is 2.87. The molecule has 1 aliphatic heterocycles. The van der Waals surface area contributed by atoms with Crippen LogP contribution in [0.2, 0.25) is 0 Å². The number of hydrogen-bond acceptors (Lipinski definition) is 5. The molecule has 1 saturated heterocycles. The Morgan fingerprint density at radius 1 is 0.667 bits per heavy atom. The van der Waals surface area contributed by atoms with E-state index in [2.05, 4.69) is 69.7 Å². The van der Waals surface area contributed by atoms with Crippen LogP contribution in [0.5, 0.6) is 0 Å². The number of carbonyl (C=O) groups excluding carboxylic acids is 1. The number of benzene rings is 3. The summed E-state index contributed by atoms with van der Waals surface area (Å²) in [6.45, 7) is 5.23. The van der Waals surface area contributed by atoms with Crippen molar-refractivity contribution < 1.29 is 24.6 Å². The molecular weight excluding hydrogens is 458 g/mol. The minimum absolute atomic E-state index is 0.0733. The van der Waals surface area contributed by atoms with Crippen molar-refractivity contribution in [2.75, 3.05) is 32.7 Å². The number of carboxylic acid groups (broad SMARTS) is 2. The Balaban J connectivity index is 0.000000538. The topological polar surface area (TPSA) is 110 Å². The van der Waals surface area contributed by atoms with Crippen molar-refractivity contribution in [1.82, 2.24) is 15.1 Å². The Kier molecular flexibility index (Phi) is 10.2. The molecule has 1 fully saturated rings. The van der Waals surface area contributed by atoms with Crippen LogP contribution in [0, 0.1) is 0 Å². The highest BCUT2D eigenvalue weighted by Crippen LogP contribution is 2.21. The third kappa shape index (κ3) is 8.65. The summed E-state index contributed by atoms with van der Waals surface area (Å²) < 4.78 is 0. The minimum Gasteiger partial charge on any atom is -0.473 e. The molecule has 1 amide bonds. The van der Waals surface area contributed by atoms with Crippen molar-refractivity contribution in [3.05, 3.63) is 108 Å². The van der Waals surface area contributed by atoms with Gasteiger partial charge in [-0.2, -0.15) is 0 Å². The van der Waals surface area contributed by atoms with Crippen LogP contribution in [-0.2, 0) is 20.9 Å². The molecule has 0 spiro atoms. The highest BCUT2D eigenvalue weighted by atomic mass is 16.4. The van der Waals surface area contributed by atoms with Crippen LogP contribution < -0.4 is 5.32 Å². The minimum atomic E-state index is -1.82. The molecule has 4 rings (SSSR count). The number of aliphatic carboxylic acids is 2. The van der Waals surface area contributed by atoms with Gasteiger partial charge in [-0.15, -0.1) is 0 Å². The van der Waals surface area contributed by atoms with Gasteiger partial charge < -0.3 is 15.5 Å². The number of piperazine rings is 1. The second kappa shape index (κ2) is 13.8. The van der Waals surface area contributed by atoms with Crippen LogP contribution in [0.15, 0.2) is 91.0 Å². The van der Waals surface area contributed by atoms with E-state index in [9.17, 15) is 4.79 Å². The molecule has 0 atom stereocenters. The first kappa shape index (κ1) is 26.6. The van der Waals surface area contributed by atoms with Crippen LogP contribution in [0.25, 0.3) is 0 Å². The fraction of sp³-hybridized carbons (Fsp3) is 0.250. The first-order valence-corrected chi connectivity index (χ1v) is 11.8. The molecule has 8 nitrogen and oxygen atoms in total. The Hall–Kier alpha value is -4.01. The van der Waals surface area contributed by atoms with Crippen LogP contribution in [0.3, 0.4) is 0 Å². The van der Waals surface area contributed by atoms with Crippen molar-refractivity contribution in [2.24, 2.45) is 0 Å². The van der Waals surface area contributed by atoms with Gasteiger partial charge in [0.15, 0.2) is 0 Å². The third-order valence-corrected chi connectivity index (χ3v) is 5.84. The summed E-state index contributed by atoms with van der Waals surface area (Å²) in [7, 11) is 0. The molecule has 8 heteroatoms. The standard InChI is InChI=1S/C26H29N3O.C2H2O4/c30-25(21-29-18-16-28(17-19-29)20-22-10-4-1-5-11-22)27-26(23-12-6-2-7-13-23)24-14-8-3-9-15-24;3-1(4)2(5)6/h1-15,26H,16-21H2,(H,27,30);(H,3,4)(H,5,6). The van der Waals surface area contributed by atoms with Gasteiger partial charge in [0.2, 0.25) is 5.91 Å². The maximum atomic E-state index is 12.9. The summed E-state index contributed by atoms with van der Waals surface area (Å²) >= 11 is 0. The highest BCUT2D eigenvalue weighted by molar-refractivity contribution is 6.27. The number of amides is 1. The Bertz CT molecular complexity index is 1050. The van der Waals surface area contributed by atoms with Gasteiger partial charge in [0.05, 0.1) is 12.6 Å². The van der Waals surface area contributed by atoms with E-state index in [1.165, 1.54) is 5.56 Å². The van der Waals surface area contributed by atoms with Gasteiger partial charge >= 0.3 is 11.9 Å². The van der Waals surface area contributed by atoms with Crippen LogP contribution >= 0.6 is 0 Å². The van der Waals surface area contributed by atoms with Gasteiger partial charge in [0.25, 0.3) is 0 Å². The number of carbonyl (C=O) groups is 3. The van der Waals surface area contributed by atoms with E-state index in [1.54, 1.807) is 0 Å². The summed E-state index contributed by atoms with van der Waals surface area (Å²) in [6, 6.07) is 30.8. The van der Waals surface area contributed by atoms with Gasteiger partial charge in [-0.1, -0.05) is 91.0 Å². The number of rotatable bonds is 7. The smallest absolute Gasteiger partial charge is 0.414 e. The van der Waals surface area contributed by atoms with Gasteiger partial charge in [-0.3, -0.25) is 14.6 Å². The fourth-order valence-corrected chi connectivity index (χ4v) is 4.01. The van der Waals surface area contributed by atoms with Crippen molar-refractivity contribution in [1.29, 1.82) is 0 Å². The van der Waals surface area contributed by atoms with Crippen LogP contribution in [0.1, 0.15) is 22.7 Å². The van der Waals surface area contributed by atoms with Gasteiger partial charge in [-0.25, -0.2) is 9.59 Å². The summed E-state index contributed by atoms with van der Waals surface area (Å²) in [5.41, 5.74) is 3.55. The van der Waals surface area contributed by atoms with E-state index in [0.29, 0.717) is 6.54 Å². The molecule has 0 radical (unpaired) electrons. The molecule has 36 heavy (non-hydrogen) atoms. The van der Waals surface area contributed by atoms with E-state index in [-0.39, 0.29) is 11.9 Å². The zero-order valence-electron chi connectivity index (χ0n) is 20.0.